The fraction of sp³-hybridized carbons (Fsp3) is 0.200. The van der Waals surface area contributed by atoms with Crippen molar-refractivity contribution in [3.05, 3.63) is 70.5 Å². The fourth-order valence-corrected chi connectivity index (χ4v) is 3.82. The van der Waals surface area contributed by atoms with Crippen LogP contribution in [-0.2, 0) is 0 Å². The number of nitrogens with one attached hydrogen (secondary N) is 1. The lowest BCUT2D eigenvalue weighted by Crippen LogP contribution is -2.26. The second-order valence-corrected chi connectivity index (χ2v) is 7.23. The minimum Gasteiger partial charge on any atom is -0.345 e. The number of aryl methyl sites for hydroxylation is 1. The molecule has 2 aromatic carbocycles. The predicted molar refractivity (Wildman–Crippen MR) is 106 cm³/mol. The lowest BCUT2D eigenvalue weighted by molar-refractivity contribution is 0.0943. The van der Waals surface area contributed by atoms with Crippen LogP contribution in [0.2, 0.25) is 0 Å². The van der Waals surface area contributed by atoms with Gasteiger partial charge in [-0.25, -0.2) is 4.68 Å². The van der Waals surface area contributed by atoms with Crippen molar-refractivity contribution in [2.24, 2.45) is 0 Å². The fourth-order valence-electron chi connectivity index (χ4n) is 3.26. The summed E-state index contributed by atoms with van der Waals surface area (Å²) in [6, 6.07) is 14.2. The number of aromatic nitrogens is 4. The number of carbonyl (C=O) groups is 1. The average molecular weight is 377 g/mol. The zero-order valence-corrected chi connectivity index (χ0v) is 16.1. The summed E-state index contributed by atoms with van der Waals surface area (Å²) in [7, 11) is 0. The van der Waals surface area contributed by atoms with E-state index in [1.807, 2.05) is 42.9 Å². The molecule has 6 nitrogen and oxygen atoms in total. The number of amides is 1. The van der Waals surface area contributed by atoms with Crippen LogP contribution < -0.4 is 5.32 Å². The third-order valence-electron chi connectivity index (χ3n) is 4.71. The topological polar surface area (TPSA) is 72.7 Å². The number of carbonyl (C=O) groups excluding carboxylic acids is 1. The molecule has 0 saturated carbocycles. The maximum atomic E-state index is 12.5. The highest BCUT2D eigenvalue weighted by molar-refractivity contribution is 7.08. The zero-order chi connectivity index (χ0) is 19.0. The summed E-state index contributed by atoms with van der Waals surface area (Å²) in [6.07, 6.45) is 1.82. The first kappa shape index (κ1) is 17.4. The number of hydrogen-bond donors (Lipinski definition) is 1. The molecular formula is C20H19N5OS. The molecular weight excluding hydrogens is 358 g/mol. The zero-order valence-electron chi connectivity index (χ0n) is 15.3. The minimum atomic E-state index is -0.178. The van der Waals surface area contributed by atoms with Gasteiger partial charge in [0.05, 0.1) is 23.6 Å². The molecule has 4 aromatic rings. The average Bonchev–Trinajstić information content (AvgIpc) is 3.27. The van der Waals surface area contributed by atoms with Crippen LogP contribution in [0.4, 0.5) is 0 Å². The molecule has 2 heterocycles. The molecule has 0 unspecified atom stereocenters. The second kappa shape index (κ2) is 6.92. The van der Waals surface area contributed by atoms with Crippen molar-refractivity contribution in [1.82, 2.24) is 24.7 Å². The van der Waals surface area contributed by atoms with Crippen molar-refractivity contribution in [1.29, 1.82) is 0 Å². The van der Waals surface area contributed by atoms with E-state index < -0.39 is 0 Å². The number of nitrogens with zero attached hydrogens (tertiary/aromatic N) is 4. The van der Waals surface area contributed by atoms with Gasteiger partial charge in [0.2, 0.25) is 0 Å². The third kappa shape index (κ3) is 3.10. The predicted octanol–water partition coefficient (Wildman–Crippen LogP) is 3.98. The molecule has 0 bridgehead atoms. The molecule has 1 atom stereocenters. The maximum Gasteiger partial charge on any atom is 0.265 e. The van der Waals surface area contributed by atoms with Gasteiger partial charge in [-0.05, 0) is 43.8 Å². The number of benzene rings is 2. The smallest absolute Gasteiger partial charge is 0.265 e. The molecule has 0 aliphatic rings. The van der Waals surface area contributed by atoms with Crippen LogP contribution in [0, 0.1) is 13.8 Å². The highest BCUT2D eigenvalue weighted by Gasteiger charge is 2.20. The molecule has 0 radical (unpaired) electrons. The van der Waals surface area contributed by atoms with E-state index in [1.165, 1.54) is 5.39 Å². The summed E-state index contributed by atoms with van der Waals surface area (Å²) in [5.41, 5.74) is 3.65. The normalized spacial score (nSPS) is 12.3. The van der Waals surface area contributed by atoms with E-state index in [-0.39, 0.29) is 11.9 Å². The minimum absolute atomic E-state index is 0.160. The largest absolute Gasteiger partial charge is 0.345 e. The third-order valence-corrected chi connectivity index (χ3v) is 5.54. The molecule has 7 heteroatoms. The Morgan fingerprint density at radius 1 is 1.15 bits per heavy atom. The standard InChI is InChI=1S/C20H19N5OS/c1-12(22-20(26)19-13(2)23-24-27-19)17-11-21-25(14(17)3)18-10-6-8-15-7-4-5-9-16(15)18/h4-12H,1-3H3,(H,22,26)/t12-/m1/s1. The lowest BCUT2D eigenvalue weighted by atomic mass is 10.1. The first-order valence-corrected chi connectivity index (χ1v) is 9.46. The van der Waals surface area contributed by atoms with Crippen molar-refractivity contribution in [3.63, 3.8) is 0 Å². The molecule has 2 aromatic heterocycles. The van der Waals surface area contributed by atoms with Gasteiger partial charge in [-0.3, -0.25) is 4.79 Å². The Hall–Kier alpha value is -3.06. The Kier molecular flexibility index (Phi) is 4.45. The van der Waals surface area contributed by atoms with Gasteiger partial charge in [-0.2, -0.15) is 5.10 Å². The highest BCUT2D eigenvalue weighted by atomic mass is 32.1. The first-order chi connectivity index (χ1) is 13.1. The Morgan fingerprint density at radius 2 is 1.93 bits per heavy atom. The quantitative estimate of drug-likeness (QED) is 0.584. The SMILES string of the molecule is Cc1nnsc1C(=O)N[C@H](C)c1cnn(-c2cccc3ccccc23)c1C. The van der Waals surface area contributed by atoms with Gasteiger partial charge in [-0.15, -0.1) is 5.10 Å². The van der Waals surface area contributed by atoms with Crippen molar-refractivity contribution >= 4 is 28.2 Å². The number of rotatable bonds is 4. The van der Waals surface area contributed by atoms with Gasteiger partial charge >= 0.3 is 0 Å². The van der Waals surface area contributed by atoms with Crippen LogP contribution in [-0.4, -0.2) is 25.3 Å². The molecule has 0 spiro atoms. The Bertz CT molecular complexity index is 1130. The van der Waals surface area contributed by atoms with E-state index in [1.54, 1.807) is 6.92 Å². The summed E-state index contributed by atoms with van der Waals surface area (Å²) >= 11 is 1.11. The molecule has 1 amide bonds. The van der Waals surface area contributed by atoms with Crippen LogP contribution in [0.1, 0.15) is 39.6 Å². The van der Waals surface area contributed by atoms with Crippen LogP contribution in [0.15, 0.2) is 48.7 Å². The number of hydrogen-bond acceptors (Lipinski definition) is 5. The van der Waals surface area contributed by atoms with E-state index >= 15 is 0 Å². The van der Waals surface area contributed by atoms with Crippen molar-refractivity contribution in [2.75, 3.05) is 0 Å². The van der Waals surface area contributed by atoms with Crippen LogP contribution in [0.5, 0.6) is 0 Å². The van der Waals surface area contributed by atoms with Gasteiger partial charge < -0.3 is 5.32 Å². The van der Waals surface area contributed by atoms with Gasteiger partial charge in [0.15, 0.2) is 0 Å². The van der Waals surface area contributed by atoms with Crippen LogP contribution in [0.3, 0.4) is 0 Å². The first-order valence-electron chi connectivity index (χ1n) is 8.68. The summed E-state index contributed by atoms with van der Waals surface area (Å²) in [4.78, 5) is 13.0. The highest BCUT2D eigenvalue weighted by Crippen LogP contribution is 2.26. The van der Waals surface area contributed by atoms with Crippen LogP contribution in [0.25, 0.3) is 16.5 Å². The molecule has 136 valence electrons. The molecule has 0 aliphatic heterocycles. The van der Waals surface area contributed by atoms with E-state index in [2.05, 4.69) is 44.3 Å². The van der Waals surface area contributed by atoms with Crippen molar-refractivity contribution < 1.29 is 4.79 Å². The van der Waals surface area contributed by atoms with Crippen molar-refractivity contribution in [2.45, 2.75) is 26.8 Å². The number of fused-ring (bicyclic) bond motifs is 1. The second-order valence-electron chi connectivity index (χ2n) is 6.48. The summed E-state index contributed by atoms with van der Waals surface area (Å²) in [5, 5.41) is 13.8. The molecule has 4 rings (SSSR count). The van der Waals surface area contributed by atoms with Gasteiger partial charge in [-0.1, -0.05) is 40.9 Å². The molecule has 0 aliphatic carbocycles. The van der Waals surface area contributed by atoms with Crippen LogP contribution >= 0.6 is 11.5 Å². The maximum absolute atomic E-state index is 12.5. The molecule has 0 saturated heterocycles. The Balaban J connectivity index is 1.66. The van der Waals surface area contributed by atoms with E-state index in [0.29, 0.717) is 10.6 Å². The van der Waals surface area contributed by atoms with E-state index in [9.17, 15) is 4.79 Å². The Morgan fingerprint density at radius 3 is 2.70 bits per heavy atom. The molecule has 27 heavy (non-hydrogen) atoms. The summed E-state index contributed by atoms with van der Waals surface area (Å²) in [5.74, 6) is -0.160. The molecule has 0 fully saturated rings. The van der Waals surface area contributed by atoms with Crippen molar-refractivity contribution in [3.8, 4) is 5.69 Å². The van der Waals surface area contributed by atoms with Gasteiger partial charge in [0, 0.05) is 16.6 Å². The van der Waals surface area contributed by atoms with E-state index in [0.717, 1.165) is 33.9 Å². The van der Waals surface area contributed by atoms with Gasteiger partial charge in [0.25, 0.3) is 5.91 Å². The lowest BCUT2D eigenvalue weighted by Gasteiger charge is -2.14. The monoisotopic (exact) mass is 377 g/mol. The Labute approximate surface area is 161 Å². The van der Waals surface area contributed by atoms with Gasteiger partial charge in [0.1, 0.15) is 4.88 Å². The summed E-state index contributed by atoms with van der Waals surface area (Å²) < 4.78 is 5.76. The summed E-state index contributed by atoms with van der Waals surface area (Å²) in [6.45, 7) is 5.76. The molecule has 1 N–H and O–H groups in total. The van der Waals surface area contributed by atoms with E-state index in [4.69, 9.17) is 0 Å².